The zero-order valence-corrected chi connectivity index (χ0v) is 12.4. The molecule has 0 heterocycles. The summed E-state index contributed by atoms with van der Waals surface area (Å²) in [6.07, 6.45) is 0. The van der Waals surface area contributed by atoms with E-state index in [1.165, 1.54) is 6.07 Å². The van der Waals surface area contributed by atoms with Crippen LogP contribution in [0.15, 0.2) is 46.9 Å². The second-order valence-electron chi connectivity index (χ2n) is 3.92. The van der Waals surface area contributed by atoms with Crippen molar-refractivity contribution < 1.29 is 4.39 Å². The van der Waals surface area contributed by atoms with Crippen molar-refractivity contribution in [1.29, 1.82) is 0 Å². The third-order valence-electron chi connectivity index (χ3n) is 2.67. The van der Waals surface area contributed by atoms with Crippen molar-refractivity contribution in [3.63, 3.8) is 0 Å². The van der Waals surface area contributed by atoms with Gasteiger partial charge in [0.25, 0.3) is 0 Å². The molecule has 17 heavy (non-hydrogen) atoms. The molecule has 0 saturated heterocycles. The maximum Gasteiger partial charge on any atom is 0.123 e. The van der Waals surface area contributed by atoms with Crippen LogP contribution in [-0.2, 0) is 0 Å². The first-order valence-corrected chi connectivity index (χ1v) is 6.94. The highest BCUT2D eigenvalue weighted by molar-refractivity contribution is 9.10. The molecule has 0 radical (unpaired) electrons. The highest BCUT2D eigenvalue weighted by Crippen LogP contribution is 2.33. The van der Waals surface area contributed by atoms with E-state index in [9.17, 15) is 4.39 Å². The molecule has 1 unspecified atom stereocenters. The third-order valence-corrected chi connectivity index (χ3v) is 4.22. The number of alkyl halides is 1. The van der Waals surface area contributed by atoms with Crippen LogP contribution in [0.5, 0.6) is 0 Å². The lowest BCUT2D eigenvalue weighted by atomic mass is 10.0. The van der Waals surface area contributed by atoms with E-state index in [2.05, 4.69) is 31.9 Å². The normalized spacial score (nSPS) is 12.5. The first-order chi connectivity index (χ1) is 8.08. The number of halogens is 3. The van der Waals surface area contributed by atoms with Crippen LogP contribution in [-0.4, -0.2) is 0 Å². The number of rotatable bonds is 2. The molecule has 0 fully saturated rings. The lowest BCUT2D eigenvalue weighted by Gasteiger charge is -2.13. The van der Waals surface area contributed by atoms with E-state index in [1.54, 1.807) is 6.07 Å². The number of benzene rings is 2. The van der Waals surface area contributed by atoms with Crippen LogP contribution in [0, 0.1) is 12.7 Å². The third kappa shape index (κ3) is 2.96. The Morgan fingerprint density at radius 1 is 1.06 bits per heavy atom. The molecule has 88 valence electrons. The van der Waals surface area contributed by atoms with Crippen molar-refractivity contribution in [2.45, 2.75) is 11.8 Å². The summed E-state index contributed by atoms with van der Waals surface area (Å²) in [5, 5.41) is 0. The van der Waals surface area contributed by atoms with Crippen LogP contribution in [0.3, 0.4) is 0 Å². The van der Waals surface area contributed by atoms with E-state index in [-0.39, 0.29) is 10.6 Å². The molecule has 0 nitrogen and oxygen atoms in total. The zero-order valence-electron chi connectivity index (χ0n) is 9.25. The van der Waals surface area contributed by atoms with Gasteiger partial charge in [-0.1, -0.05) is 50.1 Å². The molecule has 0 aromatic heterocycles. The standard InChI is InChI=1S/C14H11Br2F/c1-9-8-12(17)6-7-13(9)14(16)10-2-4-11(15)5-3-10/h2-8,14H,1H3. The van der Waals surface area contributed by atoms with Gasteiger partial charge in [-0.15, -0.1) is 0 Å². The summed E-state index contributed by atoms with van der Waals surface area (Å²) < 4.78 is 14.1. The van der Waals surface area contributed by atoms with Crippen LogP contribution in [0.4, 0.5) is 4.39 Å². The molecule has 0 bridgehead atoms. The summed E-state index contributed by atoms with van der Waals surface area (Å²) >= 11 is 7.07. The smallest absolute Gasteiger partial charge is 0.123 e. The van der Waals surface area contributed by atoms with Crippen LogP contribution < -0.4 is 0 Å². The van der Waals surface area contributed by atoms with E-state index in [4.69, 9.17) is 0 Å². The largest absolute Gasteiger partial charge is 0.207 e. The lowest BCUT2D eigenvalue weighted by molar-refractivity contribution is 0.626. The Morgan fingerprint density at radius 2 is 1.71 bits per heavy atom. The number of aryl methyl sites for hydroxylation is 1. The summed E-state index contributed by atoms with van der Waals surface area (Å²) in [4.78, 5) is 0.0937. The summed E-state index contributed by atoms with van der Waals surface area (Å²) in [5.41, 5.74) is 3.20. The molecule has 2 rings (SSSR count). The van der Waals surface area contributed by atoms with Gasteiger partial charge in [0.1, 0.15) is 5.82 Å². The van der Waals surface area contributed by atoms with Gasteiger partial charge >= 0.3 is 0 Å². The van der Waals surface area contributed by atoms with Crippen LogP contribution >= 0.6 is 31.9 Å². The van der Waals surface area contributed by atoms with Gasteiger partial charge in [-0.25, -0.2) is 4.39 Å². The molecule has 3 heteroatoms. The Hall–Kier alpha value is -0.670. The highest BCUT2D eigenvalue weighted by atomic mass is 79.9. The molecular formula is C14H11Br2F. The molecule has 0 amide bonds. The van der Waals surface area contributed by atoms with E-state index in [0.29, 0.717) is 0 Å². The predicted octanol–water partition coefficient (Wildman–Crippen LogP) is 5.38. The molecule has 2 aromatic carbocycles. The first-order valence-electron chi connectivity index (χ1n) is 5.23. The summed E-state index contributed by atoms with van der Waals surface area (Å²) in [7, 11) is 0. The Kier molecular flexibility index (Phi) is 4.00. The zero-order chi connectivity index (χ0) is 12.4. The SMILES string of the molecule is Cc1cc(F)ccc1C(Br)c1ccc(Br)cc1. The summed E-state index contributed by atoms with van der Waals surface area (Å²) in [6, 6.07) is 13.0. The number of hydrogen-bond acceptors (Lipinski definition) is 0. The van der Waals surface area contributed by atoms with Gasteiger partial charge < -0.3 is 0 Å². The molecule has 0 aliphatic rings. The quantitative estimate of drug-likeness (QED) is 0.633. The van der Waals surface area contributed by atoms with Gasteiger partial charge in [-0.3, -0.25) is 0 Å². The van der Waals surface area contributed by atoms with E-state index in [0.717, 1.165) is 21.2 Å². The lowest BCUT2D eigenvalue weighted by Crippen LogP contribution is -1.96. The maximum atomic E-state index is 13.0. The minimum Gasteiger partial charge on any atom is -0.207 e. The summed E-state index contributed by atoms with van der Waals surface area (Å²) in [6.45, 7) is 1.92. The van der Waals surface area contributed by atoms with Gasteiger partial charge in [-0.2, -0.15) is 0 Å². The van der Waals surface area contributed by atoms with Crippen molar-refractivity contribution in [3.8, 4) is 0 Å². The second-order valence-corrected chi connectivity index (χ2v) is 5.75. The Labute approximate surface area is 117 Å². The van der Waals surface area contributed by atoms with Gasteiger partial charge in [-0.05, 0) is 47.9 Å². The first kappa shape index (κ1) is 12.8. The second kappa shape index (κ2) is 5.32. The van der Waals surface area contributed by atoms with Crippen molar-refractivity contribution in [2.24, 2.45) is 0 Å². The fourth-order valence-corrected chi connectivity index (χ4v) is 2.82. The van der Waals surface area contributed by atoms with E-state index in [1.807, 2.05) is 37.3 Å². The molecule has 1 atom stereocenters. The Balaban J connectivity index is 2.36. The van der Waals surface area contributed by atoms with E-state index < -0.39 is 0 Å². The fourth-order valence-electron chi connectivity index (χ4n) is 1.73. The fraction of sp³-hybridized carbons (Fsp3) is 0.143. The molecule has 0 aliphatic heterocycles. The van der Waals surface area contributed by atoms with Crippen molar-refractivity contribution in [1.82, 2.24) is 0 Å². The van der Waals surface area contributed by atoms with Crippen molar-refractivity contribution >= 4 is 31.9 Å². The molecule has 0 N–H and O–H groups in total. The van der Waals surface area contributed by atoms with Gasteiger partial charge in [0.15, 0.2) is 0 Å². The molecule has 0 saturated carbocycles. The number of hydrogen-bond donors (Lipinski definition) is 0. The molecule has 0 aliphatic carbocycles. The topological polar surface area (TPSA) is 0 Å². The molecular weight excluding hydrogens is 347 g/mol. The van der Waals surface area contributed by atoms with Gasteiger partial charge in [0, 0.05) is 4.47 Å². The van der Waals surface area contributed by atoms with Crippen LogP contribution in [0.2, 0.25) is 0 Å². The monoisotopic (exact) mass is 356 g/mol. The summed E-state index contributed by atoms with van der Waals surface area (Å²) in [5.74, 6) is -0.193. The molecule has 2 aromatic rings. The van der Waals surface area contributed by atoms with Crippen LogP contribution in [0.1, 0.15) is 21.5 Å². The minimum absolute atomic E-state index is 0.0937. The Morgan fingerprint density at radius 3 is 2.29 bits per heavy atom. The maximum absolute atomic E-state index is 13.0. The predicted molar refractivity (Wildman–Crippen MR) is 76.0 cm³/mol. The Bertz CT molecular complexity index is 520. The van der Waals surface area contributed by atoms with Crippen LogP contribution in [0.25, 0.3) is 0 Å². The average Bonchev–Trinajstić information content (AvgIpc) is 2.29. The average molecular weight is 358 g/mol. The van der Waals surface area contributed by atoms with Gasteiger partial charge in [0.2, 0.25) is 0 Å². The minimum atomic E-state index is -0.193. The molecule has 0 spiro atoms. The van der Waals surface area contributed by atoms with Crippen molar-refractivity contribution in [3.05, 3.63) is 69.4 Å². The van der Waals surface area contributed by atoms with Crippen molar-refractivity contribution in [2.75, 3.05) is 0 Å². The van der Waals surface area contributed by atoms with E-state index >= 15 is 0 Å². The highest BCUT2D eigenvalue weighted by Gasteiger charge is 2.12. The van der Waals surface area contributed by atoms with Gasteiger partial charge in [0.05, 0.1) is 4.83 Å².